The summed E-state index contributed by atoms with van der Waals surface area (Å²) in [6, 6.07) is 11.0. The summed E-state index contributed by atoms with van der Waals surface area (Å²) in [6.07, 6.45) is 10.0. The molecule has 0 atom stereocenters. The Hall–Kier alpha value is -6.78. The first kappa shape index (κ1) is 40.0. The lowest BCUT2D eigenvalue weighted by Crippen LogP contribution is -2.06. The maximum Gasteiger partial charge on any atom is 0.179 e. The Bertz CT molecular complexity index is 2720. The lowest BCUT2D eigenvalue weighted by Gasteiger charge is -2.12. The lowest BCUT2D eigenvalue weighted by atomic mass is 10.1. The molecule has 2 aromatic carbocycles. The van der Waals surface area contributed by atoms with E-state index in [9.17, 15) is 19.8 Å². The standard InChI is InChI=1S/C44H46N10O6/c1-5-53-35(17-27(3)49-53)41-45-23-33-31-19-29(25-57)21-37(59-15-9-13-55)39(31)51(43(33)47-41)11-7-8-12-52-40-32(20-30(26-58)22-38(40)60-16-10-14-56)34-24-46-42(48-44(34)52)36-18-28(4)50-54(36)6-2/h7-8,17-26,55-56H,5-6,9-16H2,1-4H3/b8-7+. The highest BCUT2D eigenvalue weighted by atomic mass is 16.5. The number of rotatable bonds is 18. The smallest absolute Gasteiger partial charge is 0.179 e. The number of aromatic nitrogens is 10. The van der Waals surface area contributed by atoms with Gasteiger partial charge < -0.3 is 28.8 Å². The number of nitrogens with zero attached hydrogens (tertiary/aromatic N) is 10. The van der Waals surface area contributed by atoms with Gasteiger partial charge in [0.1, 0.15) is 46.8 Å². The molecule has 6 heterocycles. The second-order valence-electron chi connectivity index (χ2n) is 14.4. The molecular formula is C44H46N10O6. The minimum Gasteiger partial charge on any atom is -0.491 e. The number of carbonyl (C=O) groups excluding carboxylic acids is 2. The zero-order valence-corrected chi connectivity index (χ0v) is 34.0. The van der Waals surface area contributed by atoms with Crippen LogP contribution in [0.15, 0.2) is 60.9 Å². The number of fused-ring (bicyclic) bond motifs is 6. The first-order valence-electron chi connectivity index (χ1n) is 20.1. The molecule has 2 N–H and O–H groups in total. The molecule has 60 heavy (non-hydrogen) atoms. The summed E-state index contributed by atoms with van der Waals surface area (Å²) in [5.74, 6) is 2.02. The van der Waals surface area contributed by atoms with Gasteiger partial charge in [0.05, 0.1) is 35.6 Å². The summed E-state index contributed by atoms with van der Waals surface area (Å²) >= 11 is 0. The molecule has 0 spiro atoms. The van der Waals surface area contributed by atoms with Crippen LogP contribution in [-0.4, -0.2) is 97.8 Å². The Morgan fingerprint density at radius 1 is 0.617 bits per heavy atom. The Morgan fingerprint density at radius 3 is 1.43 bits per heavy atom. The van der Waals surface area contributed by atoms with Gasteiger partial charge in [-0.3, -0.25) is 19.0 Å². The number of hydrogen-bond donors (Lipinski definition) is 2. The Labute approximate surface area is 344 Å². The number of aryl methyl sites for hydroxylation is 4. The lowest BCUT2D eigenvalue weighted by molar-refractivity contribution is 0.111. The highest BCUT2D eigenvalue weighted by Crippen LogP contribution is 2.38. The van der Waals surface area contributed by atoms with Gasteiger partial charge in [0, 0.05) is 97.3 Å². The highest BCUT2D eigenvalue weighted by Gasteiger charge is 2.22. The van der Waals surface area contributed by atoms with Gasteiger partial charge in [-0.15, -0.1) is 0 Å². The van der Waals surface area contributed by atoms with Gasteiger partial charge in [-0.1, -0.05) is 12.2 Å². The Balaban J connectivity index is 1.27. The van der Waals surface area contributed by atoms with Gasteiger partial charge in [0.15, 0.2) is 11.6 Å². The van der Waals surface area contributed by atoms with Crippen molar-refractivity contribution in [2.24, 2.45) is 0 Å². The first-order chi connectivity index (χ1) is 29.3. The summed E-state index contributed by atoms with van der Waals surface area (Å²) in [5, 5.41) is 31.3. The minimum atomic E-state index is -0.0384. The van der Waals surface area contributed by atoms with E-state index in [0.717, 1.165) is 67.9 Å². The Morgan fingerprint density at radius 2 is 1.05 bits per heavy atom. The van der Waals surface area contributed by atoms with Gasteiger partial charge >= 0.3 is 0 Å². The van der Waals surface area contributed by atoms with Crippen LogP contribution in [-0.2, 0) is 26.2 Å². The molecule has 16 heteroatoms. The van der Waals surface area contributed by atoms with Crippen LogP contribution < -0.4 is 9.47 Å². The van der Waals surface area contributed by atoms with Crippen molar-refractivity contribution in [3.8, 4) is 34.5 Å². The molecule has 0 unspecified atom stereocenters. The van der Waals surface area contributed by atoms with Crippen LogP contribution in [0.3, 0.4) is 0 Å². The Kier molecular flexibility index (Phi) is 11.5. The number of aliphatic hydroxyl groups excluding tert-OH is 2. The minimum absolute atomic E-state index is 0.0384. The summed E-state index contributed by atoms with van der Waals surface area (Å²) in [7, 11) is 0. The molecule has 0 bridgehead atoms. The van der Waals surface area contributed by atoms with Gasteiger partial charge in [-0.2, -0.15) is 10.2 Å². The van der Waals surface area contributed by atoms with E-state index in [1.165, 1.54) is 0 Å². The van der Waals surface area contributed by atoms with Crippen LogP contribution >= 0.6 is 0 Å². The molecule has 8 aromatic rings. The second kappa shape index (κ2) is 17.2. The van der Waals surface area contributed by atoms with Crippen molar-refractivity contribution in [1.29, 1.82) is 0 Å². The zero-order valence-electron chi connectivity index (χ0n) is 34.0. The van der Waals surface area contributed by atoms with Crippen LogP contribution in [0.5, 0.6) is 11.5 Å². The quantitative estimate of drug-likeness (QED) is 0.0562. The van der Waals surface area contributed by atoms with E-state index in [0.29, 0.717) is 84.6 Å². The van der Waals surface area contributed by atoms with Crippen LogP contribution in [0.4, 0.5) is 0 Å². The van der Waals surface area contributed by atoms with Crippen LogP contribution in [0.25, 0.3) is 66.9 Å². The molecule has 0 fully saturated rings. The van der Waals surface area contributed by atoms with Gasteiger partial charge in [-0.05, 0) is 64.1 Å². The largest absolute Gasteiger partial charge is 0.491 e. The predicted octanol–water partition coefficient (Wildman–Crippen LogP) is 6.27. The summed E-state index contributed by atoms with van der Waals surface area (Å²) in [6.45, 7) is 10.3. The monoisotopic (exact) mass is 810 g/mol. The van der Waals surface area contributed by atoms with Crippen molar-refractivity contribution in [3.63, 3.8) is 0 Å². The van der Waals surface area contributed by atoms with Crippen molar-refractivity contribution in [3.05, 3.63) is 83.5 Å². The highest BCUT2D eigenvalue weighted by molar-refractivity contribution is 6.11. The molecule has 0 aliphatic carbocycles. The van der Waals surface area contributed by atoms with Gasteiger partial charge in [0.25, 0.3) is 0 Å². The van der Waals surface area contributed by atoms with Crippen LogP contribution in [0.2, 0.25) is 0 Å². The van der Waals surface area contributed by atoms with E-state index < -0.39 is 0 Å². The fourth-order valence-corrected chi connectivity index (χ4v) is 7.72. The summed E-state index contributed by atoms with van der Waals surface area (Å²) < 4.78 is 20.3. The normalized spacial score (nSPS) is 11.9. The molecule has 308 valence electrons. The number of allylic oxidation sites excluding steroid dienone is 2. The number of hydrogen-bond acceptors (Lipinski definition) is 12. The molecule has 0 radical (unpaired) electrons. The molecule has 0 aliphatic heterocycles. The van der Waals surface area contributed by atoms with Crippen molar-refractivity contribution < 1.29 is 29.3 Å². The molecule has 0 aliphatic rings. The number of aldehydes is 2. The fraction of sp³-hybridized carbons (Fsp3) is 0.318. The van der Waals surface area contributed by atoms with Gasteiger partial charge in [0.2, 0.25) is 0 Å². The van der Waals surface area contributed by atoms with Gasteiger partial charge in [-0.25, -0.2) is 19.9 Å². The maximum absolute atomic E-state index is 12.2. The molecule has 8 rings (SSSR count). The number of aliphatic hydroxyl groups is 2. The average Bonchev–Trinajstić information content (AvgIpc) is 4.02. The van der Waals surface area contributed by atoms with E-state index in [-0.39, 0.29) is 26.4 Å². The average molecular weight is 811 g/mol. The van der Waals surface area contributed by atoms with E-state index in [4.69, 9.17) is 29.4 Å². The maximum atomic E-state index is 12.2. The van der Waals surface area contributed by atoms with Crippen molar-refractivity contribution >= 4 is 56.4 Å². The van der Waals surface area contributed by atoms with Crippen LogP contribution in [0.1, 0.15) is 58.8 Å². The number of carbonyl (C=O) groups is 2. The summed E-state index contributed by atoms with van der Waals surface area (Å²) in [4.78, 5) is 44.1. The zero-order chi connectivity index (χ0) is 41.9. The molecular weight excluding hydrogens is 765 g/mol. The molecule has 0 saturated carbocycles. The molecule has 16 nitrogen and oxygen atoms in total. The third kappa shape index (κ3) is 7.39. The fourth-order valence-electron chi connectivity index (χ4n) is 7.72. The molecule has 0 amide bonds. The molecule has 6 aromatic heterocycles. The second-order valence-corrected chi connectivity index (χ2v) is 14.4. The SMILES string of the molecule is CCn1nc(C)cc1-c1ncc2c3cc(C=O)cc(OCCCO)c3n(C/C=C/Cn3c4nc(-c5cc(C)nn5CC)ncc4c4cc(C=O)cc(OCCCO)c43)c2n1. The number of ether oxygens (including phenoxy) is 2. The third-order valence-electron chi connectivity index (χ3n) is 10.4. The number of benzene rings is 2. The predicted molar refractivity (Wildman–Crippen MR) is 228 cm³/mol. The van der Waals surface area contributed by atoms with E-state index in [1.54, 1.807) is 24.5 Å². The van der Waals surface area contributed by atoms with E-state index in [2.05, 4.69) is 19.3 Å². The third-order valence-corrected chi connectivity index (χ3v) is 10.4. The topological polar surface area (TPSA) is 190 Å². The van der Waals surface area contributed by atoms with E-state index >= 15 is 0 Å². The van der Waals surface area contributed by atoms with Crippen molar-refractivity contribution in [2.45, 2.75) is 66.7 Å². The van der Waals surface area contributed by atoms with Crippen molar-refractivity contribution in [2.75, 3.05) is 26.4 Å². The summed E-state index contributed by atoms with van der Waals surface area (Å²) in [5.41, 5.74) is 6.95. The van der Waals surface area contributed by atoms with E-state index in [1.807, 2.05) is 73.5 Å². The molecule has 0 saturated heterocycles. The van der Waals surface area contributed by atoms with Crippen LogP contribution in [0, 0.1) is 13.8 Å². The van der Waals surface area contributed by atoms with Crippen molar-refractivity contribution in [1.82, 2.24) is 48.6 Å². The first-order valence-corrected chi connectivity index (χ1v) is 20.1.